The Morgan fingerprint density at radius 2 is 1.82 bits per heavy atom. The third kappa shape index (κ3) is 6.18. The van der Waals surface area contributed by atoms with Crippen molar-refractivity contribution in [2.24, 2.45) is 5.92 Å². The van der Waals surface area contributed by atoms with E-state index in [9.17, 15) is 9.36 Å². The normalized spacial score (nSPS) is 18.2. The minimum Gasteiger partial charge on any atom is -0.463 e. The monoisotopic (exact) mass is 329 g/mol. The lowest BCUT2D eigenvalue weighted by Crippen LogP contribution is -2.22. The minimum absolute atomic E-state index is 0.234. The Bertz CT molecular complexity index is 409. The SMILES string of the molecule is CCOC(=O)C(=CC1CCCCC1)C[P+](=O)C(C)(C)OCC. The van der Waals surface area contributed by atoms with Crippen LogP contribution in [0.25, 0.3) is 0 Å². The number of allylic oxidation sites excluding steroid dienone is 1. The van der Waals surface area contributed by atoms with Crippen LogP contribution >= 0.6 is 7.80 Å². The van der Waals surface area contributed by atoms with Gasteiger partial charge in [0.25, 0.3) is 5.34 Å². The van der Waals surface area contributed by atoms with Gasteiger partial charge in [0.2, 0.25) is 0 Å². The summed E-state index contributed by atoms with van der Waals surface area (Å²) in [5, 5.41) is -0.720. The predicted molar refractivity (Wildman–Crippen MR) is 89.5 cm³/mol. The summed E-state index contributed by atoms with van der Waals surface area (Å²) in [6.45, 7) is 8.16. The van der Waals surface area contributed by atoms with E-state index in [0.29, 0.717) is 24.7 Å². The van der Waals surface area contributed by atoms with E-state index < -0.39 is 13.1 Å². The van der Waals surface area contributed by atoms with Gasteiger partial charge >= 0.3 is 13.8 Å². The van der Waals surface area contributed by atoms with Crippen LogP contribution < -0.4 is 0 Å². The van der Waals surface area contributed by atoms with E-state index in [1.807, 2.05) is 26.8 Å². The van der Waals surface area contributed by atoms with Crippen LogP contribution in [0.2, 0.25) is 0 Å². The lowest BCUT2D eigenvalue weighted by atomic mass is 9.88. The van der Waals surface area contributed by atoms with Crippen LogP contribution in [0, 0.1) is 5.92 Å². The number of carbonyl (C=O) groups excluding carboxylic acids is 1. The standard InChI is InChI=1S/C17H30O4P/c1-5-20-16(18)15(12-14-10-8-7-9-11-14)13-22(19)17(3,4)21-6-2/h12,14H,5-11,13H2,1-4H3/q+1. The zero-order valence-corrected chi connectivity index (χ0v) is 15.3. The number of esters is 1. The van der Waals surface area contributed by atoms with Crippen molar-refractivity contribution in [2.45, 2.75) is 65.1 Å². The van der Waals surface area contributed by atoms with Crippen LogP contribution in [0.15, 0.2) is 11.6 Å². The fourth-order valence-electron chi connectivity index (χ4n) is 2.76. The molecular weight excluding hydrogens is 299 g/mol. The smallest absolute Gasteiger partial charge is 0.377 e. The highest BCUT2D eigenvalue weighted by Crippen LogP contribution is 2.41. The van der Waals surface area contributed by atoms with E-state index in [1.165, 1.54) is 19.3 Å². The second-order valence-electron chi connectivity index (χ2n) is 6.23. The number of hydrogen-bond acceptors (Lipinski definition) is 4. The summed E-state index contributed by atoms with van der Waals surface area (Å²) in [5.41, 5.74) is 0.558. The van der Waals surface area contributed by atoms with Gasteiger partial charge in [-0.2, -0.15) is 0 Å². The largest absolute Gasteiger partial charge is 0.463 e. The van der Waals surface area contributed by atoms with E-state index in [0.717, 1.165) is 12.8 Å². The quantitative estimate of drug-likeness (QED) is 0.369. The number of hydrogen-bond donors (Lipinski definition) is 0. The second kappa shape index (κ2) is 9.42. The highest BCUT2D eigenvalue weighted by atomic mass is 31.1. The molecule has 1 unspecified atom stereocenters. The summed E-state index contributed by atoms with van der Waals surface area (Å²) in [6.07, 6.45) is 8.12. The van der Waals surface area contributed by atoms with E-state index in [2.05, 4.69) is 0 Å². The predicted octanol–water partition coefficient (Wildman–Crippen LogP) is 4.66. The van der Waals surface area contributed by atoms with Gasteiger partial charge in [0.1, 0.15) is 0 Å². The highest BCUT2D eigenvalue weighted by Gasteiger charge is 2.42. The molecule has 0 saturated heterocycles. The third-order valence-electron chi connectivity index (χ3n) is 4.04. The highest BCUT2D eigenvalue weighted by molar-refractivity contribution is 7.46. The van der Waals surface area contributed by atoms with Gasteiger partial charge in [-0.25, -0.2) is 4.79 Å². The molecule has 1 atom stereocenters. The van der Waals surface area contributed by atoms with E-state index >= 15 is 0 Å². The van der Waals surface area contributed by atoms with Crippen LogP contribution in [-0.4, -0.2) is 30.7 Å². The summed E-state index contributed by atoms with van der Waals surface area (Å²) < 4.78 is 23.3. The molecule has 0 aromatic carbocycles. The lowest BCUT2D eigenvalue weighted by molar-refractivity contribution is -0.138. The summed E-state index contributed by atoms with van der Waals surface area (Å²) in [7, 11) is -1.68. The molecule has 22 heavy (non-hydrogen) atoms. The molecule has 0 aromatic rings. The van der Waals surface area contributed by atoms with E-state index in [1.54, 1.807) is 6.92 Å². The summed E-state index contributed by atoms with van der Waals surface area (Å²) >= 11 is 0. The molecule has 5 heteroatoms. The first-order valence-electron chi connectivity index (χ1n) is 8.37. The Morgan fingerprint density at radius 3 is 2.36 bits per heavy atom. The molecule has 0 spiro atoms. The molecule has 4 nitrogen and oxygen atoms in total. The number of carbonyl (C=O) groups is 1. The fraction of sp³-hybridized carbons (Fsp3) is 0.824. The van der Waals surface area contributed by atoms with Crippen LogP contribution in [-0.2, 0) is 18.8 Å². The van der Waals surface area contributed by atoms with Crippen molar-refractivity contribution in [3.05, 3.63) is 11.6 Å². The first-order valence-corrected chi connectivity index (χ1v) is 9.81. The van der Waals surface area contributed by atoms with Crippen LogP contribution in [0.4, 0.5) is 0 Å². The molecule has 1 aliphatic rings. The van der Waals surface area contributed by atoms with Crippen molar-refractivity contribution in [2.75, 3.05) is 19.4 Å². The molecule has 0 amide bonds. The Labute approximate surface area is 135 Å². The van der Waals surface area contributed by atoms with Crippen molar-refractivity contribution in [1.29, 1.82) is 0 Å². The molecule has 0 heterocycles. The maximum atomic E-state index is 12.6. The average molecular weight is 329 g/mol. The average Bonchev–Trinajstić information content (AvgIpc) is 2.47. The first-order chi connectivity index (χ1) is 10.4. The van der Waals surface area contributed by atoms with Crippen molar-refractivity contribution < 1.29 is 18.8 Å². The first kappa shape index (κ1) is 19.3. The second-order valence-corrected chi connectivity index (χ2v) is 8.38. The Balaban J connectivity index is 2.83. The number of rotatable bonds is 8. The molecule has 0 aliphatic heterocycles. The van der Waals surface area contributed by atoms with Gasteiger partial charge in [0.15, 0.2) is 6.16 Å². The molecule has 0 aromatic heterocycles. The molecule has 1 aliphatic carbocycles. The Morgan fingerprint density at radius 1 is 1.18 bits per heavy atom. The Kier molecular flexibility index (Phi) is 8.27. The van der Waals surface area contributed by atoms with Gasteiger partial charge in [-0.1, -0.05) is 29.9 Å². The van der Waals surface area contributed by atoms with Crippen molar-refractivity contribution in [1.82, 2.24) is 0 Å². The molecule has 126 valence electrons. The van der Waals surface area contributed by atoms with Gasteiger partial charge in [0.05, 0.1) is 12.2 Å². The molecular formula is C17H30O4P+. The van der Waals surface area contributed by atoms with Gasteiger partial charge in [-0.15, -0.1) is 0 Å². The summed E-state index contributed by atoms with van der Waals surface area (Å²) in [5.74, 6) is 0.0792. The van der Waals surface area contributed by atoms with Gasteiger partial charge < -0.3 is 9.47 Å². The third-order valence-corrected chi connectivity index (χ3v) is 5.99. The maximum Gasteiger partial charge on any atom is 0.377 e. The zero-order valence-electron chi connectivity index (χ0n) is 14.4. The van der Waals surface area contributed by atoms with Crippen molar-refractivity contribution in [3.8, 4) is 0 Å². The van der Waals surface area contributed by atoms with E-state index in [4.69, 9.17) is 9.47 Å². The summed E-state index contributed by atoms with van der Waals surface area (Å²) in [6, 6.07) is 0. The minimum atomic E-state index is -1.68. The zero-order chi connectivity index (χ0) is 16.6. The van der Waals surface area contributed by atoms with Gasteiger partial charge in [0, 0.05) is 20.5 Å². The molecule has 0 N–H and O–H groups in total. The van der Waals surface area contributed by atoms with Gasteiger partial charge in [-0.05, 0) is 32.6 Å². The number of ether oxygens (including phenoxy) is 2. The van der Waals surface area contributed by atoms with Crippen molar-refractivity contribution in [3.63, 3.8) is 0 Å². The molecule has 1 rings (SSSR count). The topological polar surface area (TPSA) is 52.6 Å². The maximum absolute atomic E-state index is 12.6. The molecule has 0 radical (unpaired) electrons. The fourth-order valence-corrected chi connectivity index (χ4v) is 3.96. The molecule has 1 saturated carbocycles. The van der Waals surface area contributed by atoms with Crippen LogP contribution in [0.1, 0.15) is 59.8 Å². The lowest BCUT2D eigenvalue weighted by Gasteiger charge is -2.19. The Hall–Kier alpha value is -0.730. The molecule has 0 bridgehead atoms. The van der Waals surface area contributed by atoms with Crippen molar-refractivity contribution >= 4 is 13.8 Å². The molecule has 1 fully saturated rings. The van der Waals surface area contributed by atoms with Crippen LogP contribution in [0.3, 0.4) is 0 Å². The van der Waals surface area contributed by atoms with E-state index in [-0.39, 0.29) is 12.1 Å². The van der Waals surface area contributed by atoms with Gasteiger partial charge in [-0.3, -0.25) is 0 Å². The summed E-state index contributed by atoms with van der Waals surface area (Å²) in [4.78, 5) is 12.2. The van der Waals surface area contributed by atoms with Crippen LogP contribution in [0.5, 0.6) is 0 Å².